The molecular formula is C27H24NO2P. The number of hydrogen-bond acceptors (Lipinski definition) is 2. The minimum Gasteiger partial charge on any atom is -0.387 e. The molecule has 0 saturated carbocycles. The Hall–Kier alpha value is -3.26. The van der Waals surface area contributed by atoms with Crippen molar-refractivity contribution in [1.29, 1.82) is 0 Å². The summed E-state index contributed by atoms with van der Waals surface area (Å²) in [5.74, 6) is -0.176. The Kier molecular flexibility index (Phi) is 6.89. The van der Waals surface area contributed by atoms with Crippen molar-refractivity contribution in [2.24, 2.45) is 0 Å². The molecule has 0 fully saturated rings. The Balaban J connectivity index is 1.64. The van der Waals surface area contributed by atoms with Crippen molar-refractivity contribution in [3.05, 3.63) is 126 Å². The highest BCUT2D eigenvalue weighted by Crippen LogP contribution is 2.34. The van der Waals surface area contributed by atoms with Crippen LogP contribution in [0.1, 0.15) is 22.0 Å². The van der Waals surface area contributed by atoms with Gasteiger partial charge < -0.3 is 10.4 Å². The van der Waals surface area contributed by atoms with Crippen LogP contribution in [0.4, 0.5) is 0 Å². The summed E-state index contributed by atoms with van der Waals surface area (Å²) >= 11 is 0. The number of amides is 1. The second-order valence-corrected chi connectivity index (χ2v) is 9.35. The second-order valence-electron chi connectivity index (χ2n) is 7.16. The number of rotatable bonds is 7. The summed E-state index contributed by atoms with van der Waals surface area (Å²) in [6, 6.07) is 37.7. The fraction of sp³-hybridized carbons (Fsp3) is 0.0741. The van der Waals surface area contributed by atoms with Crippen LogP contribution < -0.4 is 21.2 Å². The zero-order valence-corrected chi connectivity index (χ0v) is 18.0. The minimum absolute atomic E-state index is 0.159. The molecule has 0 aromatic heterocycles. The summed E-state index contributed by atoms with van der Waals surface area (Å²) in [4.78, 5) is 13.2. The van der Waals surface area contributed by atoms with Crippen molar-refractivity contribution >= 4 is 29.7 Å². The molecule has 0 aliphatic carbocycles. The maximum Gasteiger partial charge on any atom is 0.252 e. The predicted molar refractivity (Wildman–Crippen MR) is 129 cm³/mol. The Morgan fingerprint density at radius 3 is 1.77 bits per heavy atom. The molecule has 154 valence electrons. The standard InChI is InChI=1S/C27H24NO2P/c29-25(21-12-4-1-5-13-21)20-28-27(30)24-18-10-11-19-26(24)31(22-14-6-2-7-15-22)23-16-8-3-9-17-23/h1-19,25,29H,20H2,(H,28,30)/t25-/m0/s1. The minimum atomic E-state index is -0.892. The zero-order chi connectivity index (χ0) is 21.5. The first kappa shape index (κ1) is 21.0. The third kappa shape index (κ3) is 5.08. The highest BCUT2D eigenvalue weighted by molar-refractivity contribution is 7.80. The van der Waals surface area contributed by atoms with E-state index in [4.69, 9.17) is 0 Å². The summed E-state index contributed by atoms with van der Waals surface area (Å²) in [5, 5.41) is 16.7. The predicted octanol–water partition coefficient (Wildman–Crippen LogP) is 3.91. The normalized spacial score (nSPS) is 11.8. The van der Waals surface area contributed by atoms with Gasteiger partial charge in [0, 0.05) is 12.1 Å². The van der Waals surface area contributed by atoms with E-state index in [9.17, 15) is 9.90 Å². The molecule has 1 amide bonds. The Morgan fingerprint density at radius 2 is 1.19 bits per heavy atom. The lowest BCUT2D eigenvalue weighted by Gasteiger charge is -2.22. The Labute approximate surface area is 184 Å². The molecule has 4 aromatic carbocycles. The number of nitrogens with one attached hydrogen (secondary N) is 1. The lowest BCUT2D eigenvalue weighted by Crippen LogP contribution is -2.33. The molecule has 0 unspecified atom stereocenters. The average Bonchev–Trinajstić information content (AvgIpc) is 2.85. The molecule has 0 spiro atoms. The zero-order valence-electron chi connectivity index (χ0n) is 17.1. The number of aliphatic hydroxyl groups excluding tert-OH is 1. The smallest absolute Gasteiger partial charge is 0.252 e. The van der Waals surface area contributed by atoms with Crippen LogP contribution in [-0.2, 0) is 0 Å². The number of carbonyl (C=O) groups is 1. The second kappa shape index (κ2) is 10.2. The van der Waals surface area contributed by atoms with Gasteiger partial charge >= 0.3 is 0 Å². The van der Waals surface area contributed by atoms with Crippen molar-refractivity contribution in [1.82, 2.24) is 5.32 Å². The van der Waals surface area contributed by atoms with E-state index in [1.54, 1.807) is 0 Å². The van der Waals surface area contributed by atoms with Crippen molar-refractivity contribution in [3.8, 4) is 0 Å². The quantitative estimate of drug-likeness (QED) is 0.441. The fourth-order valence-electron chi connectivity index (χ4n) is 3.52. The van der Waals surface area contributed by atoms with Crippen molar-refractivity contribution in [3.63, 3.8) is 0 Å². The molecule has 0 aliphatic heterocycles. The van der Waals surface area contributed by atoms with Gasteiger partial charge in [-0.05, 0) is 35.5 Å². The summed E-state index contributed by atoms with van der Waals surface area (Å²) in [6.07, 6.45) is -0.748. The SMILES string of the molecule is O=C(NC[C@H](O)c1ccccc1)c1ccccc1P(c1ccccc1)c1ccccc1. The monoisotopic (exact) mass is 425 g/mol. The molecule has 2 N–H and O–H groups in total. The van der Waals surface area contributed by atoms with Crippen LogP contribution in [0, 0.1) is 0 Å². The molecule has 0 heterocycles. The van der Waals surface area contributed by atoms with Crippen molar-refractivity contribution in [2.75, 3.05) is 6.54 Å². The van der Waals surface area contributed by atoms with Crippen LogP contribution in [0.25, 0.3) is 0 Å². The van der Waals surface area contributed by atoms with Gasteiger partial charge in [-0.25, -0.2) is 0 Å². The molecule has 0 saturated heterocycles. The van der Waals surface area contributed by atoms with Gasteiger partial charge in [0.2, 0.25) is 0 Å². The van der Waals surface area contributed by atoms with Gasteiger partial charge in [0.1, 0.15) is 0 Å². The third-order valence-corrected chi connectivity index (χ3v) is 7.56. The van der Waals surface area contributed by atoms with Crippen LogP contribution in [0.3, 0.4) is 0 Å². The van der Waals surface area contributed by atoms with E-state index < -0.39 is 14.0 Å². The largest absolute Gasteiger partial charge is 0.387 e. The van der Waals surface area contributed by atoms with Gasteiger partial charge in [-0.15, -0.1) is 0 Å². The van der Waals surface area contributed by atoms with Gasteiger partial charge in [-0.3, -0.25) is 4.79 Å². The first-order valence-corrected chi connectivity index (χ1v) is 11.6. The molecule has 4 rings (SSSR count). The highest BCUT2D eigenvalue weighted by Gasteiger charge is 2.22. The van der Waals surface area contributed by atoms with E-state index in [0.29, 0.717) is 5.56 Å². The number of hydrogen-bond donors (Lipinski definition) is 2. The molecular weight excluding hydrogens is 401 g/mol. The molecule has 0 bridgehead atoms. The van der Waals surface area contributed by atoms with Crippen molar-refractivity contribution < 1.29 is 9.90 Å². The van der Waals surface area contributed by atoms with Crippen LogP contribution in [-0.4, -0.2) is 17.6 Å². The molecule has 1 atom stereocenters. The summed E-state index contributed by atoms with van der Waals surface area (Å²) in [5.41, 5.74) is 1.42. The number of benzene rings is 4. The molecule has 4 heteroatoms. The summed E-state index contributed by atoms with van der Waals surface area (Å²) < 4.78 is 0. The lowest BCUT2D eigenvalue weighted by molar-refractivity contribution is 0.0917. The summed E-state index contributed by atoms with van der Waals surface area (Å²) in [6.45, 7) is 0.159. The van der Waals surface area contributed by atoms with Crippen LogP contribution in [0.15, 0.2) is 115 Å². The van der Waals surface area contributed by atoms with Gasteiger partial charge in [0.15, 0.2) is 0 Å². The van der Waals surface area contributed by atoms with E-state index in [2.05, 4.69) is 29.6 Å². The van der Waals surface area contributed by atoms with E-state index in [0.717, 1.165) is 10.9 Å². The maximum atomic E-state index is 13.2. The lowest BCUT2D eigenvalue weighted by atomic mass is 10.1. The van der Waals surface area contributed by atoms with E-state index in [1.807, 2.05) is 91.0 Å². The van der Waals surface area contributed by atoms with Crippen LogP contribution >= 0.6 is 7.92 Å². The van der Waals surface area contributed by atoms with E-state index in [1.165, 1.54) is 10.6 Å². The Bertz CT molecular complexity index is 1080. The van der Waals surface area contributed by atoms with E-state index in [-0.39, 0.29) is 12.5 Å². The highest BCUT2D eigenvalue weighted by atomic mass is 31.1. The van der Waals surface area contributed by atoms with Gasteiger partial charge in [0.05, 0.1) is 6.10 Å². The topological polar surface area (TPSA) is 49.3 Å². The van der Waals surface area contributed by atoms with Gasteiger partial charge in [-0.2, -0.15) is 0 Å². The molecule has 31 heavy (non-hydrogen) atoms. The summed E-state index contributed by atoms with van der Waals surface area (Å²) in [7, 11) is -0.892. The van der Waals surface area contributed by atoms with Crippen LogP contribution in [0.2, 0.25) is 0 Å². The first-order chi connectivity index (χ1) is 15.2. The van der Waals surface area contributed by atoms with Crippen molar-refractivity contribution in [2.45, 2.75) is 6.10 Å². The van der Waals surface area contributed by atoms with Gasteiger partial charge in [0.25, 0.3) is 5.91 Å². The first-order valence-electron chi connectivity index (χ1n) is 10.2. The molecule has 0 radical (unpaired) electrons. The molecule has 3 nitrogen and oxygen atoms in total. The Morgan fingerprint density at radius 1 is 0.710 bits per heavy atom. The molecule has 0 aliphatic rings. The average molecular weight is 425 g/mol. The molecule has 4 aromatic rings. The maximum absolute atomic E-state index is 13.2. The third-order valence-electron chi connectivity index (χ3n) is 5.06. The fourth-order valence-corrected chi connectivity index (χ4v) is 5.97. The van der Waals surface area contributed by atoms with Gasteiger partial charge in [-0.1, -0.05) is 109 Å². The van der Waals surface area contributed by atoms with E-state index >= 15 is 0 Å². The number of carbonyl (C=O) groups excluding carboxylic acids is 1. The van der Waals surface area contributed by atoms with Crippen LogP contribution in [0.5, 0.6) is 0 Å². The number of aliphatic hydroxyl groups is 1.